The van der Waals surface area contributed by atoms with Gasteiger partial charge in [0.05, 0.1) is 25.2 Å². The quantitative estimate of drug-likeness (QED) is 0.796. The summed E-state index contributed by atoms with van der Waals surface area (Å²) in [5.41, 5.74) is 2.34. The van der Waals surface area contributed by atoms with Crippen molar-refractivity contribution in [2.75, 3.05) is 33.4 Å². The topological polar surface area (TPSA) is 84.9 Å². The van der Waals surface area contributed by atoms with Gasteiger partial charge in [-0.25, -0.2) is 8.42 Å². The van der Waals surface area contributed by atoms with Crippen LogP contribution in [0.15, 0.2) is 47.4 Å². The van der Waals surface area contributed by atoms with Crippen LogP contribution >= 0.6 is 0 Å². The number of benzene rings is 2. The number of sulfonamides is 1. The van der Waals surface area contributed by atoms with Crippen molar-refractivity contribution in [2.45, 2.75) is 18.4 Å². The Labute approximate surface area is 165 Å². The van der Waals surface area contributed by atoms with Gasteiger partial charge in [-0.15, -0.1) is 0 Å². The first kappa shape index (κ1) is 20.3. The third-order valence-corrected chi connectivity index (χ3v) is 6.56. The van der Waals surface area contributed by atoms with Crippen LogP contribution in [-0.2, 0) is 21.3 Å². The van der Waals surface area contributed by atoms with Crippen molar-refractivity contribution in [2.24, 2.45) is 0 Å². The number of hydrogen-bond acceptors (Lipinski definition) is 5. The van der Waals surface area contributed by atoms with Crippen LogP contribution in [0.3, 0.4) is 0 Å². The van der Waals surface area contributed by atoms with E-state index in [9.17, 15) is 13.2 Å². The van der Waals surface area contributed by atoms with Crippen LogP contribution in [0.2, 0.25) is 0 Å². The molecule has 1 N–H and O–H groups in total. The van der Waals surface area contributed by atoms with Crippen molar-refractivity contribution in [3.05, 3.63) is 59.2 Å². The Morgan fingerprint density at radius 3 is 2.46 bits per heavy atom. The number of nitrogens with zero attached hydrogens (tertiary/aromatic N) is 1. The molecule has 3 rings (SSSR count). The summed E-state index contributed by atoms with van der Waals surface area (Å²) in [7, 11) is -1.96. The van der Waals surface area contributed by atoms with E-state index in [1.165, 1.54) is 28.6 Å². The SMILES string of the molecule is COc1cc(CNC(=O)c2ccc(S(=O)(=O)N3CCOCC3)cc2)ccc1C. The fourth-order valence-electron chi connectivity index (χ4n) is 2.97. The van der Waals surface area contributed by atoms with Crippen molar-refractivity contribution >= 4 is 15.9 Å². The molecule has 8 heteroatoms. The lowest BCUT2D eigenvalue weighted by Gasteiger charge is -2.26. The average molecular weight is 404 g/mol. The van der Waals surface area contributed by atoms with Gasteiger partial charge in [0.15, 0.2) is 0 Å². The van der Waals surface area contributed by atoms with Crippen molar-refractivity contribution in [1.29, 1.82) is 0 Å². The molecular weight excluding hydrogens is 380 g/mol. The average Bonchev–Trinajstić information content (AvgIpc) is 2.73. The van der Waals surface area contributed by atoms with E-state index in [0.717, 1.165) is 16.9 Å². The van der Waals surface area contributed by atoms with Gasteiger partial charge in [0.1, 0.15) is 5.75 Å². The van der Waals surface area contributed by atoms with Crippen LogP contribution in [0.25, 0.3) is 0 Å². The maximum absolute atomic E-state index is 12.6. The van der Waals surface area contributed by atoms with Gasteiger partial charge in [-0.1, -0.05) is 12.1 Å². The molecule has 0 saturated carbocycles. The fourth-order valence-corrected chi connectivity index (χ4v) is 4.38. The number of carbonyl (C=O) groups excluding carboxylic acids is 1. The molecular formula is C20H24N2O5S. The van der Waals surface area contributed by atoms with Gasteiger partial charge >= 0.3 is 0 Å². The molecule has 0 radical (unpaired) electrons. The van der Waals surface area contributed by atoms with Gasteiger partial charge in [-0.3, -0.25) is 4.79 Å². The highest BCUT2D eigenvalue weighted by Crippen LogP contribution is 2.20. The Morgan fingerprint density at radius 2 is 1.82 bits per heavy atom. The van der Waals surface area contributed by atoms with Crippen molar-refractivity contribution < 1.29 is 22.7 Å². The Hall–Kier alpha value is -2.42. The molecule has 1 aliphatic rings. The second-order valence-electron chi connectivity index (χ2n) is 6.53. The molecule has 150 valence electrons. The first-order valence-electron chi connectivity index (χ1n) is 9.01. The number of hydrogen-bond donors (Lipinski definition) is 1. The number of methoxy groups -OCH3 is 1. The van der Waals surface area contributed by atoms with Crippen LogP contribution in [0.5, 0.6) is 5.75 Å². The van der Waals surface area contributed by atoms with Crippen molar-refractivity contribution in [1.82, 2.24) is 9.62 Å². The highest BCUT2D eigenvalue weighted by Gasteiger charge is 2.26. The van der Waals surface area contributed by atoms with E-state index in [0.29, 0.717) is 38.4 Å². The number of carbonyl (C=O) groups is 1. The van der Waals surface area contributed by atoms with Gasteiger partial charge in [0, 0.05) is 25.2 Å². The second-order valence-corrected chi connectivity index (χ2v) is 8.47. The molecule has 0 unspecified atom stereocenters. The smallest absolute Gasteiger partial charge is 0.251 e. The van der Waals surface area contributed by atoms with Gasteiger partial charge in [-0.2, -0.15) is 4.31 Å². The van der Waals surface area contributed by atoms with E-state index in [1.54, 1.807) is 7.11 Å². The molecule has 0 aliphatic carbocycles. The number of nitrogens with one attached hydrogen (secondary N) is 1. The summed E-state index contributed by atoms with van der Waals surface area (Å²) in [6.07, 6.45) is 0. The van der Waals surface area contributed by atoms with E-state index in [2.05, 4.69) is 5.32 Å². The molecule has 2 aromatic carbocycles. The predicted molar refractivity (Wildman–Crippen MR) is 105 cm³/mol. The summed E-state index contributed by atoms with van der Waals surface area (Å²) < 4.78 is 37.1. The van der Waals surface area contributed by atoms with E-state index in [1.807, 2.05) is 25.1 Å². The zero-order chi connectivity index (χ0) is 20.1. The van der Waals surface area contributed by atoms with Gasteiger partial charge < -0.3 is 14.8 Å². The summed E-state index contributed by atoms with van der Waals surface area (Å²) >= 11 is 0. The number of morpholine rings is 1. The molecule has 1 aliphatic heterocycles. The zero-order valence-corrected chi connectivity index (χ0v) is 16.8. The van der Waals surface area contributed by atoms with Crippen LogP contribution in [0.1, 0.15) is 21.5 Å². The molecule has 1 heterocycles. The maximum atomic E-state index is 12.6. The molecule has 2 aromatic rings. The minimum absolute atomic E-state index is 0.175. The van der Waals surface area contributed by atoms with Crippen molar-refractivity contribution in [3.8, 4) is 5.75 Å². The number of amides is 1. The molecule has 1 saturated heterocycles. The molecule has 0 aromatic heterocycles. The van der Waals surface area contributed by atoms with E-state index < -0.39 is 10.0 Å². The van der Waals surface area contributed by atoms with Gasteiger partial charge in [0.25, 0.3) is 5.91 Å². The lowest BCUT2D eigenvalue weighted by Crippen LogP contribution is -2.40. The summed E-state index contributed by atoms with van der Waals surface area (Å²) in [4.78, 5) is 12.6. The number of ether oxygens (including phenoxy) is 2. The number of rotatable bonds is 6. The maximum Gasteiger partial charge on any atom is 0.251 e. The fraction of sp³-hybridized carbons (Fsp3) is 0.350. The Kier molecular flexibility index (Phi) is 6.33. The van der Waals surface area contributed by atoms with Crippen LogP contribution in [-0.4, -0.2) is 52.0 Å². The highest BCUT2D eigenvalue weighted by molar-refractivity contribution is 7.89. The predicted octanol–water partition coefficient (Wildman–Crippen LogP) is 1.95. The van der Waals surface area contributed by atoms with E-state index in [-0.39, 0.29) is 10.8 Å². The third-order valence-electron chi connectivity index (χ3n) is 4.65. The highest BCUT2D eigenvalue weighted by atomic mass is 32.2. The van der Waals surface area contributed by atoms with E-state index in [4.69, 9.17) is 9.47 Å². The first-order valence-corrected chi connectivity index (χ1v) is 10.5. The zero-order valence-electron chi connectivity index (χ0n) is 16.0. The molecule has 28 heavy (non-hydrogen) atoms. The monoisotopic (exact) mass is 404 g/mol. The van der Waals surface area contributed by atoms with Crippen LogP contribution in [0, 0.1) is 6.92 Å². The minimum atomic E-state index is -3.56. The van der Waals surface area contributed by atoms with Gasteiger partial charge in [-0.05, 0) is 48.4 Å². The second kappa shape index (κ2) is 8.72. The Morgan fingerprint density at radius 1 is 1.14 bits per heavy atom. The van der Waals surface area contributed by atoms with Crippen molar-refractivity contribution in [3.63, 3.8) is 0 Å². The normalized spacial score (nSPS) is 15.2. The third kappa shape index (κ3) is 4.52. The molecule has 0 bridgehead atoms. The molecule has 1 fully saturated rings. The summed E-state index contributed by atoms with van der Waals surface area (Å²) in [5, 5.41) is 2.84. The molecule has 1 amide bonds. The standard InChI is InChI=1S/C20H24N2O5S/c1-15-3-4-16(13-19(15)26-2)14-21-20(23)17-5-7-18(8-6-17)28(24,25)22-9-11-27-12-10-22/h3-8,13H,9-12,14H2,1-2H3,(H,21,23). The molecule has 7 nitrogen and oxygen atoms in total. The minimum Gasteiger partial charge on any atom is -0.496 e. The molecule has 0 atom stereocenters. The lowest BCUT2D eigenvalue weighted by molar-refractivity contribution is 0.0730. The largest absolute Gasteiger partial charge is 0.496 e. The Balaban J connectivity index is 1.65. The summed E-state index contributed by atoms with van der Waals surface area (Å²) in [6.45, 7) is 3.76. The first-order chi connectivity index (χ1) is 13.4. The van der Waals surface area contributed by atoms with Gasteiger partial charge in [0.2, 0.25) is 10.0 Å². The van der Waals surface area contributed by atoms with Crippen LogP contribution in [0.4, 0.5) is 0 Å². The number of aryl methyl sites for hydroxylation is 1. The Bertz CT molecular complexity index is 936. The molecule has 0 spiro atoms. The van der Waals surface area contributed by atoms with Crippen LogP contribution < -0.4 is 10.1 Å². The summed E-state index contributed by atoms with van der Waals surface area (Å²) in [6, 6.07) is 11.7. The lowest BCUT2D eigenvalue weighted by atomic mass is 10.1. The van der Waals surface area contributed by atoms with E-state index >= 15 is 0 Å². The summed E-state index contributed by atoms with van der Waals surface area (Å²) in [5.74, 6) is 0.499.